The van der Waals surface area contributed by atoms with Crippen molar-refractivity contribution in [1.82, 2.24) is 5.32 Å². The second-order valence-electron chi connectivity index (χ2n) is 6.23. The van der Waals surface area contributed by atoms with Crippen LogP contribution in [0.25, 0.3) is 0 Å². The van der Waals surface area contributed by atoms with E-state index < -0.39 is 0 Å². The van der Waals surface area contributed by atoms with Gasteiger partial charge in [-0.05, 0) is 35.6 Å². The Morgan fingerprint density at radius 1 is 1.43 bits per heavy atom. The first-order chi connectivity index (χ1) is 9.43. The molecule has 1 aromatic rings. The van der Waals surface area contributed by atoms with Crippen molar-refractivity contribution >= 4 is 24.0 Å². The van der Waals surface area contributed by atoms with Gasteiger partial charge in [-0.2, -0.15) is 0 Å². The van der Waals surface area contributed by atoms with Gasteiger partial charge in [0.05, 0.1) is 5.69 Å². The van der Waals surface area contributed by atoms with Gasteiger partial charge in [0.15, 0.2) is 0 Å². The number of hydrogen-bond donors (Lipinski definition) is 2. The lowest BCUT2D eigenvalue weighted by atomic mass is 9.86. The summed E-state index contributed by atoms with van der Waals surface area (Å²) >= 11 is 0. The first kappa shape index (κ1) is 17.9. The molecule has 1 amide bonds. The van der Waals surface area contributed by atoms with Crippen molar-refractivity contribution in [3.05, 3.63) is 29.1 Å². The Balaban J connectivity index is 0.00000220. The molecule has 0 atom stereocenters. The van der Waals surface area contributed by atoms with Crippen LogP contribution in [0.15, 0.2) is 12.1 Å². The molecule has 21 heavy (non-hydrogen) atoms. The Hall–Kier alpha value is -1.13. The molecular formula is C16H24ClFN2O. The zero-order chi connectivity index (χ0) is 14.8. The summed E-state index contributed by atoms with van der Waals surface area (Å²) < 4.78 is 14.4. The Labute approximate surface area is 132 Å². The molecule has 2 rings (SSSR count). The summed E-state index contributed by atoms with van der Waals surface area (Å²) in [6, 6.07) is 3.56. The van der Waals surface area contributed by atoms with E-state index in [1.54, 1.807) is 6.07 Å². The minimum Gasteiger partial charge on any atom is -0.324 e. The summed E-state index contributed by atoms with van der Waals surface area (Å²) in [5, 5.41) is 5.93. The average Bonchev–Trinajstić information content (AvgIpc) is 2.42. The fourth-order valence-corrected chi connectivity index (χ4v) is 2.38. The van der Waals surface area contributed by atoms with Gasteiger partial charge in [-0.15, -0.1) is 12.4 Å². The molecule has 0 fully saturated rings. The van der Waals surface area contributed by atoms with E-state index in [4.69, 9.17) is 0 Å². The number of carbonyl (C=O) groups excluding carboxylic acids is 1. The maximum absolute atomic E-state index is 14.4. The zero-order valence-electron chi connectivity index (χ0n) is 12.9. The Morgan fingerprint density at radius 2 is 2.14 bits per heavy atom. The zero-order valence-corrected chi connectivity index (χ0v) is 13.7. The highest BCUT2D eigenvalue weighted by molar-refractivity contribution is 5.91. The maximum Gasteiger partial charge on any atom is 0.224 e. The molecule has 1 aliphatic rings. The van der Waals surface area contributed by atoms with Gasteiger partial charge in [0.1, 0.15) is 5.82 Å². The molecule has 1 aliphatic heterocycles. The van der Waals surface area contributed by atoms with Crippen LogP contribution in [-0.4, -0.2) is 12.5 Å². The molecule has 0 saturated heterocycles. The molecule has 0 unspecified atom stereocenters. The number of benzene rings is 1. The third-order valence-electron chi connectivity index (χ3n) is 4.08. The molecule has 2 N–H and O–H groups in total. The van der Waals surface area contributed by atoms with E-state index in [0.717, 1.165) is 24.1 Å². The third-order valence-corrected chi connectivity index (χ3v) is 4.08. The van der Waals surface area contributed by atoms with Gasteiger partial charge in [0, 0.05) is 13.0 Å². The van der Waals surface area contributed by atoms with E-state index >= 15 is 0 Å². The highest BCUT2D eigenvalue weighted by Crippen LogP contribution is 2.27. The van der Waals surface area contributed by atoms with Gasteiger partial charge >= 0.3 is 0 Å². The first-order valence-electron chi connectivity index (χ1n) is 7.24. The van der Waals surface area contributed by atoms with Crippen LogP contribution in [0.5, 0.6) is 0 Å². The second kappa shape index (κ2) is 7.23. The smallest absolute Gasteiger partial charge is 0.224 e. The normalized spacial score (nSPS) is 14.1. The van der Waals surface area contributed by atoms with Gasteiger partial charge in [-0.1, -0.05) is 33.3 Å². The van der Waals surface area contributed by atoms with Crippen LogP contribution in [0.2, 0.25) is 0 Å². The topological polar surface area (TPSA) is 41.1 Å². The molecule has 0 radical (unpaired) electrons. The van der Waals surface area contributed by atoms with E-state index in [0.29, 0.717) is 25.1 Å². The number of hydrogen-bond acceptors (Lipinski definition) is 2. The van der Waals surface area contributed by atoms with E-state index in [-0.39, 0.29) is 29.5 Å². The molecule has 0 bridgehead atoms. The molecule has 5 heteroatoms. The quantitative estimate of drug-likeness (QED) is 0.890. The van der Waals surface area contributed by atoms with Crippen LogP contribution in [0.1, 0.15) is 44.7 Å². The van der Waals surface area contributed by atoms with E-state index in [2.05, 4.69) is 17.6 Å². The number of fused-ring (bicyclic) bond motifs is 1. The lowest BCUT2D eigenvalue weighted by Gasteiger charge is -2.23. The van der Waals surface area contributed by atoms with Gasteiger partial charge in [0.2, 0.25) is 5.91 Å². The van der Waals surface area contributed by atoms with Crippen molar-refractivity contribution in [1.29, 1.82) is 0 Å². The number of carbonyl (C=O) groups is 1. The average molecular weight is 315 g/mol. The molecule has 0 aliphatic carbocycles. The second-order valence-corrected chi connectivity index (χ2v) is 6.23. The molecule has 0 spiro atoms. The van der Waals surface area contributed by atoms with Crippen molar-refractivity contribution in [3.8, 4) is 0 Å². The van der Waals surface area contributed by atoms with Gasteiger partial charge in [-0.25, -0.2) is 4.39 Å². The van der Waals surface area contributed by atoms with Crippen molar-refractivity contribution in [2.24, 2.45) is 5.41 Å². The van der Waals surface area contributed by atoms with Crippen LogP contribution in [-0.2, 0) is 17.8 Å². The molecule has 0 saturated carbocycles. The summed E-state index contributed by atoms with van der Waals surface area (Å²) in [5.74, 6) is -0.392. The van der Waals surface area contributed by atoms with Crippen molar-refractivity contribution in [3.63, 3.8) is 0 Å². The Bertz CT molecular complexity index is 517. The van der Waals surface area contributed by atoms with E-state index in [1.165, 1.54) is 0 Å². The molecule has 1 aromatic carbocycles. The number of rotatable bonds is 4. The van der Waals surface area contributed by atoms with Crippen LogP contribution in [0, 0.1) is 11.2 Å². The predicted molar refractivity (Wildman–Crippen MR) is 86.4 cm³/mol. The van der Waals surface area contributed by atoms with Crippen molar-refractivity contribution < 1.29 is 9.18 Å². The largest absolute Gasteiger partial charge is 0.324 e. The monoisotopic (exact) mass is 314 g/mol. The standard InChI is InChI=1S/C16H23FN2O.ClH/c1-4-16(2,3)9-14(20)19-13-6-5-11-10-18-8-7-12(11)15(13)17;/h5-6,18H,4,7-10H2,1-3H3,(H,19,20);1H. The number of halogens is 2. The summed E-state index contributed by atoms with van der Waals surface area (Å²) in [6.45, 7) is 7.62. The van der Waals surface area contributed by atoms with Gasteiger partial charge < -0.3 is 10.6 Å². The first-order valence-corrected chi connectivity index (χ1v) is 7.24. The predicted octanol–water partition coefficient (Wildman–Crippen LogP) is 3.66. The summed E-state index contributed by atoms with van der Waals surface area (Å²) in [6.07, 6.45) is 1.99. The highest BCUT2D eigenvalue weighted by atomic mass is 35.5. The van der Waals surface area contributed by atoms with Crippen molar-refractivity contribution in [2.75, 3.05) is 11.9 Å². The van der Waals surface area contributed by atoms with Crippen molar-refractivity contribution in [2.45, 2.75) is 46.6 Å². The summed E-state index contributed by atoms with van der Waals surface area (Å²) in [5.41, 5.74) is 1.97. The van der Waals surface area contributed by atoms with Gasteiger partial charge in [-0.3, -0.25) is 4.79 Å². The fourth-order valence-electron chi connectivity index (χ4n) is 2.38. The van der Waals surface area contributed by atoms with E-state index in [9.17, 15) is 9.18 Å². The lowest BCUT2D eigenvalue weighted by molar-refractivity contribution is -0.118. The SMILES string of the molecule is CCC(C)(C)CC(=O)Nc1ccc2c(c1F)CCNC2.Cl. The molecule has 1 heterocycles. The van der Waals surface area contributed by atoms with Crippen LogP contribution in [0.4, 0.5) is 10.1 Å². The Kier molecular flexibility index (Phi) is 6.17. The molecule has 3 nitrogen and oxygen atoms in total. The third kappa shape index (κ3) is 4.42. The maximum atomic E-state index is 14.4. The summed E-state index contributed by atoms with van der Waals surface area (Å²) in [4.78, 5) is 12.0. The van der Waals surface area contributed by atoms with Crippen LogP contribution < -0.4 is 10.6 Å². The Morgan fingerprint density at radius 3 is 2.81 bits per heavy atom. The summed E-state index contributed by atoms with van der Waals surface area (Å²) in [7, 11) is 0. The highest BCUT2D eigenvalue weighted by Gasteiger charge is 2.22. The molecule has 118 valence electrons. The van der Waals surface area contributed by atoms with Crippen LogP contribution >= 0.6 is 12.4 Å². The molecule has 0 aromatic heterocycles. The number of nitrogens with one attached hydrogen (secondary N) is 2. The van der Waals surface area contributed by atoms with Crippen LogP contribution in [0.3, 0.4) is 0 Å². The lowest BCUT2D eigenvalue weighted by Crippen LogP contribution is -2.26. The number of amides is 1. The fraction of sp³-hybridized carbons (Fsp3) is 0.562. The number of anilines is 1. The minimum atomic E-state index is -0.272. The minimum absolute atomic E-state index is 0. The van der Waals surface area contributed by atoms with E-state index in [1.807, 2.05) is 19.9 Å². The molecular weight excluding hydrogens is 291 g/mol. The van der Waals surface area contributed by atoms with Gasteiger partial charge in [0.25, 0.3) is 0 Å².